The van der Waals surface area contributed by atoms with E-state index in [1.54, 1.807) is 7.11 Å². The van der Waals surface area contributed by atoms with E-state index in [0.717, 1.165) is 38.0 Å². The van der Waals surface area contributed by atoms with Gasteiger partial charge in [-0.15, -0.1) is 0 Å². The molecule has 1 aromatic rings. The lowest BCUT2D eigenvalue weighted by Gasteiger charge is -2.23. The average Bonchev–Trinajstić information content (AvgIpc) is 2.92. The van der Waals surface area contributed by atoms with E-state index in [9.17, 15) is 5.11 Å². The van der Waals surface area contributed by atoms with E-state index in [4.69, 9.17) is 9.47 Å². The predicted molar refractivity (Wildman–Crippen MR) is 84.0 cm³/mol. The van der Waals surface area contributed by atoms with Gasteiger partial charge in [-0.3, -0.25) is 0 Å². The number of methoxy groups -OCH3 is 1. The zero-order chi connectivity index (χ0) is 15.3. The second-order valence-corrected chi connectivity index (χ2v) is 5.91. The molecule has 0 amide bonds. The fourth-order valence-corrected chi connectivity index (χ4v) is 2.89. The van der Waals surface area contributed by atoms with Crippen LogP contribution in [0.5, 0.6) is 11.5 Å². The van der Waals surface area contributed by atoms with Gasteiger partial charge in [-0.25, -0.2) is 0 Å². The molecule has 2 N–H and O–H groups in total. The largest absolute Gasteiger partial charge is 0.493 e. The van der Waals surface area contributed by atoms with E-state index in [0.29, 0.717) is 12.4 Å². The van der Waals surface area contributed by atoms with Gasteiger partial charge in [-0.2, -0.15) is 0 Å². The molecule has 0 aliphatic heterocycles. The van der Waals surface area contributed by atoms with Crippen LogP contribution >= 0.6 is 0 Å². The van der Waals surface area contributed by atoms with Gasteiger partial charge in [0, 0.05) is 6.04 Å². The molecule has 4 nitrogen and oxygen atoms in total. The molecule has 0 spiro atoms. The fourth-order valence-electron chi connectivity index (χ4n) is 2.89. The van der Waals surface area contributed by atoms with Gasteiger partial charge in [0.25, 0.3) is 0 Å². The Hall–Kier alpha value is -1.26. The molecule has 0 aromatic heterocycles. The summed E-state index contributed by atoms with van der Waals surface area (Å²) in [4.78, 5) is 0. The molecule has 1 fully saturated rings. The standard InChI is InChI=1S/C17H27NO3/c1-4-18-13(2)14-7-8-15(16(11-14)20-3)21-12-17(19)9-5-6-10-17/h7-8,11,13,18-19H,4-6,9-10,12H2,1-3H3. The molecule has 1 unspecified atom stereocenters. The Labute approximate surface area is 127 Å². The van der Waals surface area contributed by atoms with Gasteiger partial charge in [-0.05, 0) is 44.0 Å². The van der Waals surface area contributed by atoms with Gasteiger partial charge < -0.3 is 19.9 Å². The lowest BCUT2D eigenvalue weighted by Crippen LogP contribution is -2.32. The van der Waals surface area contributed by atoms with E-state index in [-0.39, 0.29) is 6.04 Å². The van der Waals surface area contributed by atoms with Crippen LogP contribution in [0.2, 0.25) is 0 Å². The predicted octanol–water partition coefficient (Wildman–Crippen LogP) is 3.05. The molecule has 0 heterocycles. The van der Waals surface area contributed by atoms with E-state index >= 15 is 0 Å². The highest BCUT2D eigenvalue weighted by molar-refractivity contribution is 5.43. The first-order valence-corrected chi connectivity index (χ1v) is 7.84. The highest BCUT2D eigenvalue weighted by Gasteiger charge is 2.32. The van der Waals surface area contributed by atoms with Crippen LogP contribution in [0.4, 0.5) is 0 Å². The summed E-state index contributed by atoms with van der Waals surface area (Å²) in [5.41, 5.74) is 0.501. The minimum atomic E-state index is -0.666. The molecule has 1 aromatic carbocycles. The number of benzene rings is 1. The smallest absolute Gasteiger partial charge is 0.161 e. The topological polar surface area (TPSA) is 50.7 Å². The third-order valence-corrected chi connectivity index (χ3v) is 4.23. The van der Waals surface area contributed by atoms with Crippen molar-refractivity contribution in [3.05, 3.63) is 23.8 Å². The van der Waals surface area contributed by atoms with E-state index in [1.807, 2.05) is 18.2 Å². The van der Waals surface area contributed by atoms with Gasteiger partial charge in [0.2, 0.25) is 0 Å². The van der Waals surface area contributed by atoms with Crippen LogP contribution in [0.25, 0.3) is 0 Å². The first kappa shape index (κ1) is 16.1. The molecule has 4 heteroatoms. The van der Waals surface area contributed by atoms with Gasteiger partial charge in [0.15, 0.2) is 11.5 Å². The van der Waals surface area contributed by atoms with Crippen molar-refractivity contribution >= 4 is 0 Å². The van der Waals surface area contributed by atoms with Crippen molar-refractivity contribution in [2.24, 2.45) is 0 Å². The molecule has 0 radical (unpaired) electrons. The van der Waals surface area contributed by atoms with Gasteiger partial charge in [0.1, 0.15) is 6.61 Å². The summed E-state index contributed by atoms with van der Waals surface area (Å²) in [5, 5.41) is 13.7. The minimum absolute atomic E-state index is 0.275. The van der Waals surface area contributed by atoms with E-state index < -0.39 is 5.60 Å². The Morgan fingerprint density at radius 2 is 2.00 bits per heavy atom. The van der Waals surface area contributed by atoms with Gasteiger partial charge in [-0.1, -0.05) is 25.8 Å². The Morgan fingerprint density at radius 1 is 1.29 bits per heavy atom. The molecule has 1 atom stereocenters. The average molecular weight is 293 g/mol. The van der Waals surface area contributed by atoms with Gasteiger partial charge in [0.05, 0.1) is 12.7 Å². The van der Waals surface area contributed by atoms with Crippen molar-refractivity contribution in [1.29, 1.82) is 0 Å². The molecule has 1 aliphatic rings. The highest BCUT2D eigenvalue weighted by Crippen LogP contribution is 2.34. The van der Waals surface area contributed by atoms with Crippen molar-refractivity contribution in [2.45, 2.75) is 51.2 Å². The van der Waals surface area contributed by atoms with Crippen LogP contribution in [0, 0.1) is 0 Å². The number of hydrogen-bond donors (Lipinski definition) is 2. The molecule has 0 bridgehead atoms. The highest BCUT2D eigenvalue weighted by atomic mass is 16.5. The zero-order valence-corrected chi connectivity index (χ0v) is 13.3. The van der Waals surface area contributed by atoms with Crippen molar-refractivity contribution in [3.8, 4) is 11.5 Å². The fraction of sp³-hybridized carbons (Fsp3) is 0.647. The lowest BCUT2D eigenvalue weighted by molar-refractivity contribution is 0.000726. The third kappa shape index (κ3) is 4.11. The van der Waals surface area contributed by atoms with Crippen molar-refractivity contribution in [1.82, 2.24) is 5.32 Å². The Morgan fingerprint density at radius 3 is 2.62 bits per heavy atom. The maximum Gasteiger partial charge on any atom is 0.161 e. The monoisotopic (exact) mass is 293 g/mol. The number of aliphatic hydroxyl groups is 1. The summed E-state index contributed by atoms with van der Waals surface area (Å²) >= 11 is 0. The summed E-state index contributed by atoms with van der Waals surface area (Å²) in [7, 11) is 1.65. The normalized spacial score (nSPS) is 18.5. The van der Waals surface area contributed by atoms with Crippen LogP contribution in [0.3, 0.4) is 0 Å². The summed E-state index contributed by atoms with van der Waals surface area (Å²) in [5.74, 6) is 1.42. The molecular formula is C17H27NO3. The molecule has 1 aliphatic carbocycles. The second-order valence-electron chi connectivity index (χ2n) is 5.91. The van der Waals surface area contributed by atoms with Crippen molar-refractivity contribution < 1.29 is 14.6 Å². The van der Waals surface area contributed by atoms with Gasteiger partial charge >= 0.3 is 0 Å². The summed E-state index contributed by atoms with van der Waals surface area (Å²) in [6, 6.07) is 6.25. The number of nitrogens with one attached hydrogen (secondary N) is 1. The Bertz CT molecular complexity index is 455. The lowest BCUT2D eigenvalue weighted by atomic mass is 10.0. The van der Waals surface area contributed by atoms with Crippen molar-refractivity contribution in [2.75, 3.05) is 20.3 Å². The first-order valence-electron chi connectivity index (χ1n) is 7.84. The maximum atomic E-state index is 10.4. The van der Waals surface area contributed by atoms with Crippen LogP contribution < -0.4 is 14.8 Å². The quantitative estimate of drug-likeness (QED) is 0.811. The number of rotatable bonds is 7. The molecule has 118 valence electrons. The number of ether oxygens (including phenoxy) is 2. The van der Waals surface area contributed by atoms with Crippen LogP contribution in [0.1, 0.15) is 51.1 Å². The molecule has 21 heavy (non-hydrogen) atoms. The van der Waals surface area contributed by atoms with Crippen LogP contribution in [-0.2, 0) is 0 Å². The summed E-state index contributed by atoms with van der Waals surface area (Å²) in [6.45, 7) is 5.48. The molecule has 0 saturated heterocycles. The summed E-state index contributed by atoms with van der Waals surface area (Å²) in [6.07, 6.45) is 3.81. The van der Waals surface area contributed by atoms with E-state index in [1.165, 1.54) is 5.56 Å². The second kappa shape index (κ2) is 7.14. The minimum Gasteiger partial charge on any atom is -0.493 e. The zero-order valence-electron chi connectivity index (χ0n) is 13.3. The van der Waals surface area contributed by atoms with Crippen LogP contribution in [-0.4, -0.2) is 31.0 Å². The van der Waals surface area contributed by atoms with Crippen LogP contribution in [0.15, 0.2) is 18.2 Å². The van der Waals surface area contributed by atoms with Crippen molar-refractivity contribution in [3.63, 3.8) is 0 Å². The SMILES string of the molecule is CCNC(C)c1ccc(OCC2(O)CCCC2)c(OC)c1. The Balaban J connectivity index is 2.05. The third-order valence-electron chi connectivity index (χ3n) is 4.23. The molecule has 2 rings (SSSR count). The molecular weight excluding hydrogens is 266 g/mol. The first-order chi connectivity index (χ1) is 10.1. The maximum absolute atomic E-state index is 10.4. The molecule has 1 saturated carbocycles. The van der Waals surface area contributed by atoms with E-state index in [2.05, 4.69) is 19.2 Å². The summed E-state index contributed by atoms with van der Waals surface area (Å²) < 4.78 is 11.2. The Kier molecular flexibility index (Phi) is 5.48. The number of hydrogen-bond acceptors (Lipinski definition) is 4.